The van der Waals surface area contributed by atoms with E-state index in [9.17, 15) is 15.0 Å². The maximum atomic E-state index is 12.0. The van der Waals surface area contributed by atoms with Gasteiger partial charge in [-0.1, -0.05) is 60.4 Å². The van der Waals surface area contributed by atoms with Gasteiger partial charge in [0.15, 0.2) is 5.78 Å². The second-order valence-corrected chi connectivity index (χ2v) is 8.93. The van der Waals surface area contributed by atoms with Crippen LogP contribution < -0.4 is 4.74 Å². The third kappa shape index (κ3) is 5.84. The van der Waals surface area contributed by atoms with E-state index in [1.165, 1.54) is 0 Å². The minimum Gasteiger partial charge on any atom is -0.508 e. The van der Waals surface area contributed by atoms with E-state index in [-0.39, 0.29) is 17.3 Å². The number of hydrogen-bond donors (Lipinski definition) is 2. The Morgan fingerprint density at radius 1 is 0.744 bits per heavy atom. The Bertz CT molecular complexity index is 1640. The number of aromatic hydroxyl groups is 2. The molecule has 0 spiro atoms. The molecule has 0 aromatic heterocycles. The van der Waals surface area contributed by atoms with Crippen molar-refractivity contribution in [3.8, 4) is 40.2 Å². The highest BCUT2D eigenvalue weighted by atomic mass is 16.5. The zero-order valence-corrected chi connectivity index (χ0v) is 21.4. The van der Waals surface area contributed by atoms with Crippen LogP contribution in [0.25, 0.3) is 16.7 Å². The Morgan fingerprint density at radius 2 is 1.38 bits per heavy atom. The van der Waals surface area contributed by atoms with Crippen molar-refractivity contribution in [3.63, 3.8) is 0 Å². The fourth-order valence-corrected chi connectivity index (χ4v) is 4.45. The molecule has 1 aliphatic carbocycles. The molecule has 0 unspecified atom stereocenters. The summed E-state index contributed by atoms with van der Waals surface area (Å²) < 4.78 is 5.68. The average Bonchev–Trinajstić information content (AvgIpc) is 2.96. The van der Waals surface area contributed by atoms with Gasteiger partial charge in [-0.15, -0.1) is 0 Å². The summed E-state index contributed by atoms with van der Waals surface area (Å²) in [5.41, 5.74) is 7.04. The first-order valence-electron chi connectivity index (χ1n) is 12.6. The van der Waals surface area contributed by atoms with Crippen LogP contribution in [-0.4, -0.2) is 22.6 Å². The third-order valence-corrected chi connectivity index (χ3v) is 6.30. The monoisotopic (exact) mass is 510 g/mol. The topological polar surface area (TPSA) is 66.8 Å². The highest BCUT2D eigenvalue weighted by Crippen LogP contribution is 2.39. The molecule has 39 heavy (non-hydrogen) atoms. The molecule has 1 aliphatic rings. The summed E-state index contributed by atoms with van der Waals surface area (Å²) in [6.07, 6.45) is 6.79. The maximum absolute atomic E-state index is 12.0. The second-order valence-electron chi connectivity index (χ2n) is 8.93. The van der Waals surface area contributed by atoms with Crippen LogP contribution in [0.15, 0.2) is 121 Å². The van der Waals surface area contributed by atoms with Gasteiger partial charge in [0.05, 0.1) is 6.61 Å². The fourth-order valence-electron chi connectivity index (χ4n) is 4.45. The number of carbonyl (C=O) groups is 1. The van der Waals surface area contributed by atoms with Crippen molar-refractivity contribution >= 4 is 11.4 Å². The predicted molar refractivity (Wildman–Crippen MR) is 155 cm³/mol. The molecule has 190 valence electrons. The lowest BCUT2D eigenvalue weighted by molar-refractivity contribution is -0.110. The van der Waals surface area contributed by atoms with E-state index in [0.717, 1.165) is 50.3 Å². The van der Waals surface area contributed by atoms with E-state index in [0.29, 0.717) is 6.61 Å². The summed E-state index contributed by atoms with van der Waals surface area (Å²) in [5.74, 6) is 7.65. The molecule has 0 amide bonds. The first-order valence-corrected chi connectivity index (χ1v) is 12.6. The smallest absolute Gasteiger partial charge is 0.178 e. The summed E-state index contributed by atoms with van der Waals surface area (Å²) in [6, 6.07) is 27.7. The van der Waals surface area contributed by atoms with Gasteiger partial charge in [-0.05, 0) is 102 Å². The number of hydrogen-bond acceptors (Lipinski definition) is 4. The Kier molecular flexibility index (Phi) is 7.43. The van der Waals surface area contributed by atoms with E-state index in [2.05, 4.69) is 11.8 Å². The average molecular weight is 511 g/mol. The number of phenolic OH excluding ortho intramolecular Hbond substituents is 2. The van der Waals surface area contributed by atoms with Crippen molar-refractivity contribution in [1.29, 1.82) is 0 Å². The van der Waals surface area contributed by atoms with Gasteiger partial charge in [-0.2, -0.15) is 0 Å². The van der Waals surface area contributed by atoms with Gasteiger partial charge in [0.25, 0.3) is 0 Å². The van der Waals surface area contributed by atoms with Gasteiger partial charge in [0.1, 0.15) is 17.2 Å². The Morgan fingerprint density at radius 3 is 2.03 bits per heavy atom. The highest BCUT2D eigenvalue weighted by Gasteiger charge is 2.19. The molecule has 0 radical (unpaired) electrons. The summed E-state index contributed by atoms with van der Waals surface area (Å²) in [5, 5.41) is 19.6. The van der Waals surface area contributed by atoms with Crippen molar-refractivity contribution in [3.05, 3.63) is 143 Å². The van der Waals surface area contributed by atoms with E-state index in [1.54, 1.807) is 48.6 Å². The second kappa shape index (κ2) is 11.4. The van der Waals surface area contributed by atoms with Crippen LogP contribution in [0.5, 0.6) is 17.2 Å². The molecule has 0 fully saturated rings. The van der Waals surface area contributed by atoms with Crippen LogP contribution in [0.4, 0.5) is 0 Å². The van der Waals surface area contributed by atoms with Gasteiger partial charge in [-0.3, -0.25) is 4.79 Å². The largest absolute Gasteiger partial charge is 0.508 e. The molecule has 4 aromatic rings. The summed E-state index contributed by atoms with van der Waals surface area (Å²) in [6.45, 7) is 2.52. The van der Waals surface area contributed by atoms with E-state index in [4.69, 9.17) is 4.74 Å². The molecule has 5 rings (SSSR count). The van der Waals surface area contributed by atoms with Crippen molar-refractivity contribution in [1.82, 2.24) is 0 Å². The van der Waals surface area contributed by atoms with Crippen molar-refractivity contribution in [2.75, 3.05) is 6.61 Å². The Labute approximate surface area is 227 Å². The van der Waals surface area contributed by atoms with Crippen molar-refractivity contribution in [2.45, 2.75) is 6.92 Å². The zero-order chi connectivity index (χ0) is 27.2. The normalized spacial score (nSPS) is 12.1. The molecule has 0 saturated carbocycles. The van der Waals surface area contributed by atoms with Crippen LogP contribution >= 0.6 is 0 Å². The summed E-state index contributed by atoms with van der Waals surface area (Å²) in [4.78, 5) is 12.0. The summed E-state index contributed by atoms with van der Waals surface area (Å²) >= 11 is 0. The molecule has 0 saturated heterocycles. The van der Waals surface area contributed by atoms with Crippen LogP contribution in [0.1, 0.15) is 29.2 Å². The minimum absolute atomic E-state index is 0.0658. The van der Waals surface area contributed by atoms with Crippen molar-refractivity contribution < 1.29 is 19.7 Å². The van der Waals surface area contributed by atoms with Crippen LogP contribution in [0, 0.1) is 11.8 Å². The van der Waals surface area contributed by atoms with E-state index < -0.39 is 0 Å². The number of ketones is 1. The third-order valence-electron chi connectivity index (χ3n) is 6.30. The Hall–Kier alpha value is -5.27. The van der Waals surface area contributed by atoms with Gasteiger partial charge in [-0.25, -0.2) is 0 Å². The van der Waals surface area contributed by atoms with Gasteiger partial charge in [0, 0.05) is 16.7 Å². The van der Waals surface area contributed by atoms with E-state index in [1.807, 2.05) is 73.7 Å². The number of rotatable bonds is 5. The molecule has 4 heteroatoms. The lowest BCUT2D eigenvalue weighted by Gasteiger charge is -2.20. The number of phenols is 2. The molecule has 0 atom stereocenters. The molecule has 0 bridgehead atoms. The number of benzene rings is 4. The summed E-state index contributed by atoms with van der Waals surface area (Å²) in [7, 11) is 0. The number of allylic oxidation sites excluding steroid dienone is 5. The predicted octanol–water partition coefficient (Wildman–Crippen LogP) is 7.06. The molecule has 2 N–H and O–H groups in total. The molecular formula is C35H26O4. The van der Waals surface area contributed by atoms with Gasteiger partial charge in [0.2, 0.25) is 0 Å². The van der Waals surface area contributed by atoms with Crippen LogP contribution in [0.3, 0.4) is 0 Å². The fraction of sp³-hybridized carbons (Fsp3) is 0.0571. The standard InChI is InChI=1S/C35H26O4/c1-2-39-32-22-14-28(15-23-32)34(27-12-20-31(38)21-13-27)35-26(9-6-24-7-16-29(36)17-8-24)4-3-5-33(35)25-10-18-30(37)19-11-25/h3-5,7-8,10-23,36-37H,2H2,1H3. The zero-order valence-electron chi connectivity index (χ0n) is 21.4. The SMILES string of the molecule is CCOc1ccc(C(=C2C=CC(=O)C=C2)c2c(C#Cc3ccc(O)cc3)cccc2-c2ccc(O)cc2)cc1. The molecule has 4 nitrogen and oxygen atoms in total. The molecular weight excluding hydrogens is 484 g/mol. The molecule has 0 aliphatic heterocycles. The lowest BCUT2D eigenvalue weighted by Crippen LogP contribution is -2.02. The first kappa shape index (κ1) is 25.4. The Balaban J connectivity index is 1.79. The maximum Gasteiger partial charge on any atom is 0.178 e. The van der Waals surface area contributed by atoms with Crippen molar-refractivity contribution in [2.24, 2.45) is 0 Å². The van der Waals surface area contributed by atoms with Crippen LogP contribution in [-0.2, 0) is 4.79 Å². The van der Waals surface area contributed by atoms with Gasteiger partial charge >= 0.3 is 0 Å². The van der Waals surface area contributed by atoms with E-state index >= 15 is 0 Å². The highest BCUT2D eigenvalue weighted by molar-refractivity contribution is 6.04. The first-order chi connectivity index (χ1) is 19.0. The van der Waals surface area contributed by atoms with Crippen LogP contribution in [0.2, 0.25) is 0 Å². The minimum atomic E-state index is -0.0658. The van der Waals surface area contributed by atoms with Gasteiger partial charge < -0.3 is 14.9 Å². The molecule has 4 aromatic carbocycles. The number of ether oxygens (including phenoxy) is 1. The molecule has 0 heterocycles. The number of carbonyl (C=O) groups excluding carboxylic acids is 1. The lowest BCUT2D eigenvalue weighted by atomic mass is 9.83. The quantitative estimate of drug-likeness (QED) is 0.282.